The molecule has 0 aromatic rings. The highest BCUT2D eigenvalue weighted by atomic mass is 32.3. The minimum absolute atomic E-state index is 0.0889. The summed E-state index contributed by atoms with van der Waals surface area (Å²) in [6, 6.07) is -4.18. The molecule has 4 rings (SSSR count). The van der Waals surface area contributed by atoms with Gasteiger partial charge in [-0.2, -0.15) is 8.42 Å². The predicted molar refractivity (Wildman–Crippen MR) is 153 cm³/mol. The van der Waals surface area contributed by atoms with Crippen molar-refractivity contribution in [2.45, 2.75) is 123 Å². The van der Waals surface area contributed by atoms with E-state index in [-0.39, 0.29) is 19.5 Å². The lowest BCUT2D eigenvalue weighted by molar-refractivity contribution is -0.306. The number of rotatable bonds is 9. The number of aliphatic hydroxyl groups excluding tert-OH is 7. The van der Waals surface area contributed by atoms with E-state index in [1.807, 2.05) is 0 Å². The summed E-state index contributed by atoms with van der Waals surface area (Å²) in [4.78, 5) is 0. The molecule has 0 aromatic heterocycles. The molecule has 278 valence electrons. The van der Waals surface area contributed by atoms with Crippen LogP contribution in [-0.4, -0.2) is 189 Å². The van der Waals surface area contributed by atoms with E-state index >= 15 is 0 Å². The Balaban J connectivity index is 0.00000111. The molecular weight excluding hydrogens is 664 g/mol. The van der Waals surface area contributed by atoms with Crippen molar-refractivity contribution < 1.29 is 81.7 Å². The molecule has 23 nitrogen and oxygen atoms in total. The Morgan fingerprint density at radius 1 is 0.574 bits per heavy atom. The van der Waals surface area contributed by atoms with Crippen LogP contribution in [0.3, 0.4) is 0 Å². The Morgan fingerprint density at radius 3 is 1.40 bits per heavy atom. The highest BCUT2D eigenvalue weighted by Gasteiger charge is 2.54. The average molecular weight is 713 g/mol. The molecule has 4 fully saturated rings. The molecule has 24 heteroatoms. The van der Waals surface area contributed by atoms with E-state index in [0.717, 1.165) is 0 Å². The molecule has 19 atom stereocenters. The Hall–Kier alpha value is -0.890. The largest absolute Gasteiger partial charge is 0.394 e. The normalized spacial score (nSPS) is 49.3. The van der Waals surface area contributed by atoms with Crippen molar-refractivity contribution in [3.63, 3.8) is 0 Å². The number of hydrogen-bond acceptors (Lipinski definition) is 21. The third-order valence-electron chi connectivity index (χ3n) is 8.37. The molecule has 9 unspecified atom stereocenters. The fraction of sp³-hybridized carbons (Fsp3) is 1.00. The molecule has 3 heterocycles. The molecular formula is C23H48N6O17S. The van der Waals surface area contributed by atoms with E-state index in [1.54, 1.807) is 0 Å². The fourth-order valence-corrected chi connectivity index (χ4v) is 5.74. The van der Waals surface area contributed by atoms with Gasteiger partial charge >= 0.3 is 10.4 Å². The summed E-state index contributed by atoms with van der Waals surface area (Å²) in [5.41, 5.74) is 35.6. The van der Waals surface area contributed by atoms with Gasteiger partial charge in [-0.25, -0.2) is 0 Å². The highest BCUT2D eigenvalue weighted by Crippen LogP contribution is 2.34. The number of hydrogen-bond donors (Lipinski definition) is 15. The van der Waals surface area contributed by atoms with Gasteiger partial charge in [0, 0.05) is 25.2 Å². The topological polar surface area (TPSA) is 428 Å². The lowest BCUT2D eigenvalue weighted by atomic mass is 9.84. The van der Waals surface area contributed by atoms with Crippen molar-refractivity contribution >= 4 is 10.4 Å². The van der Waals surface area contributed by atoms with Gasteiger partial charge in [-0.1, -0.05) is 0 Å². The smallest absolute Gasteiger partial charge is 0.394 e. The first kappa shape index (κ1) is 40.5. The minimum atomic E-state index is -4.67. The molecule has 1 saturated carbocycles. The lowest BCUT2D eigenvalue weighted by Crippen LogP contribution is -2.68. The molecule has 3 aliphatic heterocycles. The molecule has 0 amide bonds. The first-order chi connectivity index (χ1) is 21.8. The first-order valence-corrected chi connectivity index (χ1v) is 16.0. The van der Waals surface area contributed by atoms with Gasteiger partial charge in [0.1, 0.15) is 67.1 Å². The third-order valence-corrected chi connectivity index (χ3v) is 8.37. The SMILES string of the molecule is NC[C@@H]1OC(O[C@H]2C(N)C[C@H](N)C(O)[C@H]2O[C@H]2O[C@@H](CO)C(OC3O[C@H](CN)C(O)[C@H](O)C3N)[C@H]2O)[C@@H](N)C(O)C1O.O=S(=O)(O)O. The number of aliphatic hydroxyl groups is 7. The second-order valence-corrected chi connectivity index (χ2v) is 12.6. The molecule has 21 N–H and O–H groups in total. The van der Waals surface area contributed by atoms with E-state index in [2.05, 4.69) is 0 Å². The zero-order valence-electron chi connectivity index (χ0n) is 25.0. The Kier molecular flexibility index (Phi) is 14.6. The maximum Gasteiger partial charge on any atom is 0.394 e. The van der Waals surface area contributed by atoms with Gasteiger partial charge in [0.05, 0.1) is 24.8 Å². The molecule has 1 aliphatic carbocycles. The molecule has 3 saturated heterocycles. The van der Waals surface area contributed by atoms with Crippen LogP contribution in [0.2, 0.25) is 0 Å². The van der Waals surface area contributed by atoms with E-state index in [4.69, 9.17) is 80.3 Å². The highest BCUT2D eigenvalue weighted by molar-refractivity contribution is 7.79. The Bertz CT molecular complexity index is 1080. The van der Waals surface area contributed by atoms with Crippen LogP contribution in [0.25, 0.3) is 0 Å². The summed E-state index contributed by atoms with van der Waals surface area (Å²) in [5.74, 6) is 0. The lowest BCUT2D eigenvalue weighted by Gasteiger charge is -2.47. The summed E-state index contributed by atoms with van der Waals surface area (Å²) >= 11 is 0. The Morgan fingerprint density at radius 2 is 0.979 bits per heavy atom. The summed E-state index contributed by atoms with van der Waals surface area (Å²) in [6.45, 7) is -0.967. The van der Waals surface area contributed by atoms with Gasteiger partial charge in [0.25, 0.3) is 0 Å². The van der Waals surface area contributed by atoms with Crippen LogP contribution in [-0.2, 0) is 38.8 Å². The van der Waals surface area contributed by atoms with Crippen LogP contribution in [0.1, 0.15) is 6.42 Å². The van der Waals surface area contributed by atoms with E-state index < -0.39 is 133 Å². The maximum absolute atomic E-state index is 11.1. The molecule has 47 heavy (non-hydrogen) atoms. The maximum atomic E-state index is 11.1. The van der Waals surface area contributed by atoms with Gasteiger partial charge in [-0.05, 0) is 6.42 Å². The molecule has 0 spiro atoms. The van der Waals surface area contributed by atoms with Gasteiger partial charge in [-0.3, -0.25) is 9.11 Å². The van der Waals surface area contributed by atoms with Crippen LogP contribution >= 0.6 is 0 Å². The quantitative estimate of drug-likeness (QED) is 0.0986. The van der Waals surface area contributed by atoms with Crippen LogP contribution in [0.15, 0.2) is 0 Å². The van der Waals surface area contributed by atoms with Crippen molar-refractivity contribution in [3.05, 3.63) is 0 Å². The van der Waals surface area contributed by atoms with Crippen molar-refractivity contribution in [2.75, 3.05) is 19.7 Å². The summed E-state index contributed by atoms with van der Waals surface area (Å²) in [7, 11) is -4.67. The monoisotopic (exact) mass is 712 g/mol. The van der Waals surface area contributed by atoms with Crippen LogP contribution < -0.4 is 34.4 Å². The summed E-state index contributed by atoms with van der Waals surface area (Å²) < 4.78 is 66.2. The van der Waals surface area contributed by atoms with Gasteiger partial charge in [0.2, 0.25) is 0 Å². The van der Waals surface area contributed by atoms with Crippen molar-refractivity contribution in [3.8, 4) is 0 Å². The molecule has 4 aliphatic rings. The minimum Gasteiger partial charge on any atom is -0.394 e. The fourth-order valence-electron chi connectivity index (χ4n) is 5.74. The van der Waals surface area contributed by atoms with Crippen molar-refractivity contribution in [1.82, 2.24) is 0 Å². The van der Waals surface area contributed by atoms with Crippen molar-refractivity contribution in [1.29, 1.82) is 0 Å². The molecule has 0 radical (unpaired) electrons. The summed E-state index contributed by atoms with van der Waals surface area (Å²) in [6.07, 6.45) is -19.8. The van der Waals surface area contributed by atoms with Gasteiger partial charge < -0.3 is 98.6 Å². The van der Waals surface area contributed by atoms with Crippen LogP contribution in [0, 0.1) is 0 Å². The molecule has 0 aromatic carbocycles. The zero-order chi connectivity index (χ0) is 35.5. The van der Waals surface area contributed by atoms with E-state index in [1.165, 1.54) is 0 Å². The van der Waals surface area contributed by atoms with Crippen molar-refractivity contribution in [2.24, 2.45) is 34.4 Å². The van der Waals surface area contributed by atoms with Gasteiger partial charge in [-0.15, -0.1) is 0 Å². The first-order valence-electron chi connectivity index (χ1n) is 14.6. The third kappa shape index (κ3) is 9.67. The second kappa shape index (κ2) is 16.9. The summed E-state index contributed by atoms with van der Waals surface area (Å²) in [5, 5.41) is 73.0. The second-order valence-electron chi connectivity index (χ2n) is 11.7. The predicted octanol–water partition coefficient (Wildman–Crippen LogP) is -9.55. The standard InChI is InChI=1S/C23H46N6O13.H2O4S/c24-2-7-13(32)15(34)10(28)21(37-7)40-18-6(27)1-5(26)12(31)20(18)42-23-17(36)19(9(4-30)39-23)41-22-11(29)16(35)14(33)8(3-25)38-22;1-5(2,3)4/h5-23,30-36H,1-4,24-29H2;(H2,1,2,3,4)/t5-,6?,7-,8+,9-,10-,11?,12?,13?,14?,15?,16+,17+,18-,19?,20+,21?,22?,23+;/m0./s1. The Labute approximate surface area is 269 Å². The zero-order valence-corrected chi connectivity index (χ0v) is 25.8. The average Bonchev–Trinajstić information content (AvgIpc) is 3.30. The van der Waals surface area contributed by atoms with E-state index in [9.17, 15) is 35.7 Å². The number of ether oxygens (including phenoxy) is 6. The van der Waals surface area contributed by atoms with E-state index in [0.29, 0.717) is 0 Å². The van der Waals surface area contributed by atoms with Crippen LogP contribution in [0.5, 0.6) is 0 Å². The van der Waals surface area contributed by atoms with Crippen LogP contribution in [0.4, 0.5) is 0 Å². The van der Waals surface area contributed by atoms with Gasteiger partial charge in [0.15, 0.2) is 18.9 Å². The number of nitrogens with two attached hydrogens (primary N) is 6. The molecule has 0 bridgehead atoms.